The normalized spacial score (nSPS) is 15.5. The molecule has 0 aliphatic carbocycles. The maximum absolute atomic E-state index is 12.2. The molecule has 1 aliphatic rings. The number of benzene rings is 1. The second-order valence-corrected chi connectivity index (χ2v) is 4.86. The van der Waals surface area contributed by atoms with Gasteiger partial charge in [0.1, 0.15) is 5.75 Å². The number of alkyl halides is 3. The summed E-state index contributed by atoms with van der Waals surface area (Å²) in [7, 11) is 0. The van der Waals surface area contributed by atoms with Crippen molar-refractivity contribution in [3.8, 4) is 5.75 Å². The molecule has 0 radical (unpaired) electrons. The van der Waals surface area contributed by atoms with Crippen molar-refractivity contribution < 1.29 is 27.4 Å². The topological polar surface area (TPSA) is 50.8 Å². The molecular formula is C14H17F3N2O3. The van der Waals surface area contributed by atoms with Crippen LogP contribution in [-0.2, 0) is 4.74 Å². The Balaban J connectivity index is 2.03. The lowest BCUT2D eigenvalue weighted by molar-refractivity contribution is -0.153. The van der Waals surface area contributed by atoms with E-state index in [9.17, 15) is 18.0 Å². The number of urea groups is 1. The van der Waals surface area contributed by atoms with Crippen molar-refractivity contribution in [3.63, 3.8) is 0 Å². The second-order valence-electron chi connectivity index (χ2n) is 4.86. The second kappa shape index (κ2) is 6.87. The lowest BCUT2D eigenvalue weighted by Crippen LogP contribution is -2.43. The van der Waals surface area contributed by atoms with Gasteiger partial charge in [0.15, 0.2) is 6.61 Å². The molecule has 22 heavy (non-hydrogen) atoms. The highest BCUT2D eigenvalue weighted by molar-refractivity contribution is 5.90. The van der Waals surface area contributed by atoms with Crippen molar-refractivity contribution >= 4 is 11.7 Å². The summed E-state index contributed by atoms with van der Waals surface area (Å²) in [5.74, 6) is 0.0945. The largest absolute Gasteiger partial charge is 0.484 e. The van der Waals surface area contributed by atoms with Gasteiger partial charge in [-0.25, -0.2) is 4.79 Å². The summed E-state index contributed by atoms with van der Waals surface area (Å²) in [6, 6.07) is 4.28. The van der Waals surface area contributed by atoms with Gasteiger partial charge in [0.25, 0.3) is 0 Å². The predicted molar refractivity (Wildman–Crippen MR) is 74.1 cm³/mol. The molecule has 5 nitrogen and oxygen atoms in total. The third-order valence-corrected chi connectivity index (χ3v) is 3.22. The first-order valence-corrected chi connectivity index (χ1v) is 6.79. The number of halogens is 3. The Morgan fingerprint density at radius 3 is 2.68 bits per heavy atom. The number of carbonyl (C=O) groups excluding carboxylic acids is 1. The zero-order valence-electron chi connectivity index (χ0n) is 12.1. The summed E-state index contributed by atoms with van der Waals surface area (Å²) in [6.45, 7) is 2.14. The van der Waals surface area contributed by atoms with E-state index >= 15 is 0 Å². The van der Waals surface area contributed by atoms with E-state index in [-0.39, 0.29) is 11.8 Å². The molecule has 1 N–H and O–H groups in total. The van der Waals surface area contributed by atoms with Crippen molar-refractivity contribution in [1.82, 2.24) is 4.90 Å². The van der Waals surface area contributed by atoms with Crippen LogP contribution in [0.1, 0.15) is 5.56 Å². The number of hydrogen-bond donors (Lipinski definition) is 1. The summed E-state index contributed by atoms with van der Waals surface area (Å²) in [4.78, 5) is 13.7. The molecule has 1 aliphatic heterocycles. The van der Waals surface area contributed by atoms with E-state index in [1.807, 2.05) is 0 Å². The number of nitrogens with zero attached hydrogens (tertiary/aromatic N) is 1. The first kappa shape index (κ1) is 16.4. The maximum Gasteiger partial charge on any atom is 0.422 e. The molecule has 0 atom stereocenters. The van der Waals surface area contributed by atoms with E-state index in [2.05, 4.69) is 5.32 Å². The minimum absolute atomic E-state index is 0.0945. The van der Waals surface area contributed by atoms with Gasteiger partial charge in [0, 0.05) is 24.3 Å². The van der Waals surface area contributed by atoms with Gasteiger partial charge in [0.2, 0.25) is 0 Å². The number of amides is 2. The molecule has 0 spiro atoms. The fraction of sp³-hybridized carbons (Fsp3) is 0.500. The molecule has 0 bridgehead atoms. The van der Waals surface area contributed by atoms with Crippen LogP contribution in [0.3, 0.4) is 0 Å². The summed E-state index contributed by atoms with van der Waals surface area (Å²) < 4.78 is 46.6. The summed E-state index contributed by atoms with van der Waals surface area (Å²) >= 11 is 0. The molecule has 0 saturated carbocycles. The minimum Gasteiger partial charge on any atom is -0.484 e. The Hall–Kier alpha value is -1.96. The SMILES string of the molecule is Cc1c(NC(=O)N2CCOCC2)cccc1OCC(F)(F)F. The van der Waals surface area contributed by atoms with Crippen LogP contribution in [-0.4, -0.2) is 50.0 Å². The number of ether oxygens (including phenoxy) is 2. The smallest absolute Gasteiger partial charge is 0.422 e. The van der Waals surface area contributed by atoms with Crippen LogP contribution in [0.4, 0.5) is 23.7 Å². The lowest BCUT2D eigenvalue weighted by atomic mass is 10.2. The molecular weight excluding hydrogens is 301 g/mol. The molecule has 1 saturated heterocycles. The third-order valence-electron chi connectivity index (χ3n) is 3.22. The van der Waals surface area contributed by atoms with Crippen molar-refractivity contribution in [2.24, 2.45) is 0 Å². The highest BCUT2D eigenvalue weighted by Gasteiger charge is 2.29. The molecule has 8 heteroatoms. The summed E-state index contributed by atoms with van der Waals surface area (Å²) in [5, 5.41) is 2.69. The Morgan fingerprint density at radius 2 is 2.05 bits per heavy atom. The average molecular weight is 318 g/mol. The Labute approximate surface area is 126 Å². The molecule has 1 aromatic rings. The van der Waals surface area contributed by atoms with Crippen molar-refractivity contribution in [2.75, 3.05) is 38.2 Å². The van der Waals surface area contributed by atoms with Gasteiger partial charge in [-0.2, -0.15) is 13.2 Å². The lowest BCUT2D eigenvalue weighted by Gasteiger charge is -2.27. The number of hydrogen-bond acceptors (Lipinski definition) is 3. The van der Waals surface area contributed by atoms with Gasteiger partial charge >= 0.3 is 12.2 Å². The zero-order chi connectivity index (χ0) is 16.2. The fourth-order valence-corrected chi connectivity index (χ4v) is 2.03. The standard InChI is InChI=1S/C14H17F3N2O3/c1-10-11(18-13(20)19-5-7-21-8-6-19)3-2-4-12(10)22-9-14(15,16)17/h2-4H,5-9H2,1H3,(H,18,20). The first-order chi connectivity index (χ1) is 10.4. The van der Waals surface area contributed by atoms with Crippen LogP contribution >= 0.6 is 0 Å². The maximum atomic E-state index is 12.2. The monoisotopic (exact) mass is 318 g/mol. The van der Waals surface area contributed by atoms with E-state index in [1.165, 1.54) is 12.1 Å². The van der Waals surface area contributed by atoms with E-state index < -0.39 is 12.8 Å². The van der Waals surface area contributed by atoms with Crippen LogP contribution in [0.5, 0.6) is 5.75 Å². The Kier molecular flexibility index (Phi) is 5.12. The molecule has 1 aromatic carbocycles. The number of anilines is 1. The molecule has 122 valence electrons. The third kappa shape index (κ3) is 4.52. The molecule has 1 heterocycles. The van der Waals surface area contributed by atoms with Gasteiger partial charge in [-0.05, 0) is 19.1 Å². The van der Waals surface area contributed by atoms with E-state index in [4.69, 9.17) is 9.47 Å². The quantitative estimate of drug-likeness (QED) is 0.932. The first-order valence-electron chi connectivity index (χ1n) is 6.79. The zero-order valence-corrected chi connectivity index (χ0v) is 12.1. The van der Waals surface area contributed by atoms with Crippen LogP contribution in [0, 0.1) is 6.92 Å². The Bertz CT molecular complexity index is 529. The van der Waals surface area contributed by atoms with Gasteiger partial charge in [0.05, 0.1) is 13.2 Å². The van der Waals surface area contributed by atoms with Crippen LogP contribution in [0.2, 0.25) is 0 Å². The van der Waals surface area contributed by atoms with E-state index in [0.29, 0.717) is 37.6 Å². The fourth-order valence-electron chi connectivity index (χ4n) is 2.03. The van der Waals surface area contributed by atoms with Gasteiger partial charge in [-0.3, -0.25) is 0 Å². The molecule has 2 amide bonds. The Morgan fingerprint density at radius 1 is 1.36 bits per heavy atom. The van der Waals surface area contributed by atoms with E-state index in [0.717, 1.165) is 0 Å². The van der Waals surface area contributed by atoms with Gasteiger partial charge in [-0.15, -0.1) is 0 Å². The summed E-state index contributed by atoms with van der Waals surface area (Å²) in [5.41, 5.74) is 0.879. The number of morpholine rings is 1. The molecule has 0 aromatic heterocycles. The van der Waals surface area contributed by atoms with Crippen molar-refractivity contribution in [3.05, 3.63) is 23.8 Å². The van der Waals surface area contributed by atoms with Crippen molar-refractivity contribution in [1.29, 1.82) is 0 Å². The highest BCUT2D eigenvalue weighted by Crippen LogP contribution is 2.27. The number of nitrogens with one attached hydrogen (secondary N) is 1. The van der Waals surface area contributed by atoms with Gasteiger partial charge < -0.3 is 19.7 Å². The van der Waals surface area contributed by atoms with Crippen LogP contribution in [0.15, 0.2) is 18.2 Å². The molecule has 0 unspecified atom stereocenters. The van der Waals surface area contributed by atoms with Crippen LogP contribution in [0.25, 0.3) is 0 Å². The summed E-state index contributed by atoms with van der Waals surface area (Å²) in [6.07, 6.45) is -4.40. The molecule has 2 rings (SSSR count). The van der Waals surface area contributed by atoms with E-state index in [1.54, 1.807) is 17.9 Å². The predicted octanol–water partition coefficient (Wildman–Crippen LogP) is 2.80. The van der Waals surface area contributed by atoms with Crippen LogP contribution < -0.4 is 10.1 Å². The average Bonchev–Trinajstić information content (AvgIpc) is 2.48. The highest BCUT2D eigenvalue weighted by atomic mass is 19.4. The van der Waals surface area contributed by atoms with Crippen molar-refractivity contribution in [2.45, 2.75) is 13.1 Å². The minimum atomic E-state index is -4.40. The molecule has 1 fully saturated rings. The van der Waals surface area contributed by atoms with Gasteiger partial charge in [-0.1, -0.05) is 6.07 Å². The number of rotatable bonds is 3. The number of carbonyl (C=O) groups is 1.